The summed E-state index contributed by atoms with van der Waals surface area (Å²) in [4.78, 5) is 13.8. The lowest BCUT2D eigenvalue weighted by Gasteiger charge is -2.38. The van der Waals surface area contributed by atoms with Crippen molar-refractivity contribution in [3.05, 3.63) is 60.3 Å². The number of benzene rings is 2. The molecule has 0 aliphatic carbocycles. The van der Waals surface area contributed by atoms with Crippen molar-refractivity contribution in [3.8, 4) is 17.2 Å². The van der Waals surface area contributed by atoms with Crippen LogP contribution in [0.3, 0.4) is 0 Å². The third-order valence-corrected chi connectivity index (χ3v) is 6.67. The number of anilines is 1. The van der Waals surface area contributed by atoms with E-state index in [2.05, 4.69) is 24.5 Å². The van der Waals surface area contributed by atoms with Crippen molar-refractivity contribution in [1.82, 2.24) is 14.9 Å². The largest absolute Gasteiger partial charge is 0.573 e. The van der Waals surface area contributed by atoms with Crippen LogP contribution in [-0.4, -0.2) is 66.7 Å². The Labute approximate surface area is 211 Å². The summed E-state index contributed by atoms with van der Waals surface area (Å²) in [5, 5.41) is 1.55. The van der Waals surface area contributed by atoms with Gasteiger partial charge in [-0.1, -0.05) is 0 Å². The number of pyridine rings is 2. The Hall–Kier alpha value is -3.79. The first-order valence-corrected chi connectivity index (χ1v) is 12.1. The third kappa shape index (κ3) is 5.06. The van der Waals surface area contributed by atoms with Crippen LogP contribution in [0.5, 0.6) is 17.2 Å². The van der Waals surface area contributed by atoms with Gasteiger partial charge in [0.25, 0.3) is 0 Å². The lowest BCUT2D eigenvalue weighted by atomic mass is 10.1. The maximum atomic E-state index is 12.5. The third-order valence-electron chi connectivity index (χ3n) is 6.67. The molecule has 4 aromatic rings. The molecule has 1 atom stereocenters. The van der Waals surface area contributed by atoms with Crippen LogP contribution >= 0.6 is 0 Å². The maximum Gasteiger partial charge on any atom is 0.573 e. The van der Waals surface area contributed by atoms with E-state index in [1.54, 1.807) is 12.1 Å². The van der Waals surface area contributed by atoms with E-state index in [4.69, 9.17) is 9.47 Å². The number of ether oxygens (including phenoxy) is 3. The Balaban J connectivity index is 1.08. The fraction of sp³-hybridized carbons (Fsp3) is 0.333. The Kier molecular flexibility index (Phi) is 5.91. The van der Waals surface area contributed by atoms with Crippen molar-refractivity contribution in [1.29, 1.82) is 0 Å². The summed E-state index contributed by atoms with van der Waals surface area (Å²) in [5.74, 6) is 2.05. The van der Waals surface area contributed by atoms with E-state index in [1.807, 2.05) is 37.3 Å². The van der Waals surface area contributed by atoms with Crippen molar-refractivity contribution in [2.45, 2.75) is 19.4 Å². The monoisotopic (exact) mass is 510 g/mol. The molecule has 192 valence electrons. The predicted molar refractivity (Wildman–Crippen MR) is 133 cm³/mol. The first-order valence-electron chi connectivity index (χ1n) is 12.1. The Morgan fingerprint density at radius 2 is 1.76 bits per heavy atom. The molecule has 7 nitrogen and oxygen atoms in total. The molecular weight excluding hydrogens is 485 g/mol. The van der Waals surface area contributed by atoms with Gasteiger partial charge in [-0.25, -0.2) is 4.98 Å². The number of aryl methyl sites for hydroxylation is 1. The van der Waals surface area contributed by atoms with Gasteiger partial charge in [-0.2, -0.15) is 0 Å². The van der Waals surface area contributed by atoms with Crippen molar-refractivity contribution >= 4 is 27.6 Å². The quantitative estimate of drug-likeness (QED) is 0.385. The first kappa shape index (κ1) is 23.6. The zero-order valence-corrected chi connectivity index (χ0v) is 20.2. The van der Waals surface area contributed by atoms with E-state index in [9.17, 15) is 13.2 Å². The number of halogens is 3. The van der Waals surface area contributed by atoms with Gasteiger partial charge >= 0.3 is 6.36 Å². The van der Waals surface area contributed by atoms with E-state index in [-0.39, 0.29) is 11.9 Å². The second kappa shape index (κ2) is 9.26. The van der Waals surface area contributed by atoms with Gasteiger partial charge in [0.2, 0.25) is 0 Å². The zero-order valence-electron chi connectivity index (χ0n) is 20.2. The van der Waals surface area contributed by atoms with Gasteiger partial charge < -0.3 is 19.1 Å². The van der Waals surface area contributed by atoms with Crippen molar-refractivity contribution in [3.63, 3.8) is 0 Å². The lowest BCUT2D eigenvalue weighted by molar-refractivity contribution is -0.274. The molecule has 6 rings (SSSR count). The Morgan fingerprint density at radius 1 is 0.946 bits per heavy atom. The van der Waals surface area contributed by atoms with Crippen molar-refractivity contribution < 1.29 is 27.4 Å². The number of aromatic nitrogens is 2. The van der Waals surface area contributed by atoms with Gasteiger partial charge in [0.15, 0.2) is 11.5 Å². The molecule has 10 heteroatoms. The van der Waals surface area contributed by atoms with Crippen LogP contribution in [0, 0.1) is 6.92 Å². The van der Waals surface area contributed by atoms with Crippen LogP contribution in [-0.2, 0) is 0 Å². The minimum absolute atomic E-state index is 0.0853. The van der Waals surface area contributed by atoms with Gasteiger partial charge in [0.1, 0.15) is 24.3 Å². The van der Waals surface area contributed by atoms with Crippen LogP contribution in [0.2, 0.25) is 0 Å². The molecule has 37 heavy (non-hydrogen) atoms. The van der Waals surface area contributed by atoms with Gasteiger partial charge in [0.05, 0.1) is 11.0 Å². The summed E-state index contributed by atoms with van der Waals surface area (Å²) in [6.07, 6.45) is -4.80. The second-order valence-electron chi connectivity index (χ2n) is 9.32. The fourth-order valence-corrected chi connectivity index (χ4v) is 4.88. The average Bonchev–Trinajstić information content (AvgIpc) is 2.87. The van der Waals surface area contributed by atoms with Crippen LogP contribution < -0.4 is 19.1 Å². The normalized spacial score (nSPS) is 18.4. The predicted octanol–water partition coefficient (Wildman–Crippen LogP) is 4.95. The standard InChI is InChI=1S/C27H25F3N4O3/c1-17-2-5-21-23(31-17)7-8-24-26(21)36-20(16-35-24)15-33-10-12-34(13-11-33)25-9-3-18-14-19(37-27(28,29)30)4-6-22(18)32-25/h2-9,14,20H,10-13,15-16H2,1H3/t20-/m0/s1. The highest BCUT2D eigenvalue weighted by molar-refractivity contribution is 5.88. The minimum atomic E-state index is -4.72. The van der Waals surface area contributed by atoms with Crippen LogP contribution in [0.1, 0.15) is 5.69 Å². The number of alkyl halides is 3. The highest BCUT2D eigenvalue weighted by atomic mass is 19.4. The fourth-order valence-electron chi connectivity index (χ4n) is 4.88. The van der Waals surface area contributed by atoms with E-state index < -0.39 is 6.36 Å². The second-order valence-corrected chi connectivity index (χ2v) is 9.32. The van der Waals surface area contributed by atoms with Gasteiger partial charge in [0, 0.05) is 49.2 Å². The van der Waals surface area contributed by atoms with Gasteiger partial charge in [-0.15, -0.1) is 13.2 Å². The zero-order chi connectivity index (χ0) is 25.6. The SMILES string of the molecule is Cc1ccc2c3c(ccc2n1)OC[C@H](CN1CCN(c2ccc4cc(OC(F)(F)F)ccc4n2)CC1)O3. The summed E-state index contributed by atoms with van der Waals surface area (Å²) in [6.45, 7) is 6.44. The first-order chi connectivity index (χ1) is 17.8. The minimum Gasteiger partial charge on any atom is -0.486 e. The molecule has 0 radical (unpaired) electrons. The molecule has 4 heterocycles. The highest BCUT2D eigenvalue weighted by Crippen LogP contribution is 2.38. The summed E-state index contributed by atoms with van der Waals surface area (Å²) in [7, 11) is 0. The number of hydrogen-bond acceptors (Lipinski definition) is 7. The molecule has 2 aliphatic rings. The summed E-state index contributed by atoms with van der Waals surface area (Å²) >= 11 is 0. The molecule has 0 saturated carbocycles. The molecule has 2 aromatic carbocycles. The highest BCUT2D eigenvalue weighted by Gasteiger charge is 2.31. The number of piperazine rings is 1. The number of fused-ring (bicyclic) bond motifs is 4. The van der Waals surface area contributed by atoms with E-state index in [0.717, 1.165) is 66.6 Å². The molecule has 0 unspecified atom stereocenters. The molecule has 0 amide bonds. The van der Waals surface area contributed by atoms with E-state index in [1.165, 1.54) is 12.1 Å². The summed E-state index contributed by atoms with van der Waals surface area (Å²) < 4.78 is 53.9. The number of nitrogens with zero attached hydrogens (tertiary/aromatic N) is 4. The lowest BCUT2D eigenvalue weighted by Crippen LogP contribution is -2.50. The number of rotatable bonds is 4. The number of hydrogen-bond donors (Lipinski definition) is 0. The smallest absolute Gasteiger partial charge is 0.486 e. The molecule has 1 fully saturated rings. The van der Waals surface area contributed by atoms with Crippen molar-refractivity contribution in [2.75, 3.05) is 44.2 Å². The summed E-state index contributed by atoms with van der Waals surface area (Å²) in [5.41, 5.74) is 2.47. The molecule has 0 N–H and O–H groups in total. The average molecular weight is 511 g/mol. The topological polar surface area (TPSA) is 60.0 Å². The van der Waals surface area contributed by atoms with Gasteiger partial charge in [-0.3, -0.25) is 9.88 Å². The Morgan fingerprint density at radius 3 is 2.57 bits per heavy atom. The Bertz CT molecular complexity index is 1450. The van der Waals surface area contributed by atoms with Crippen LogP contribution in [0.4, 0.5) is 19.0 Å². The van der Waals surface area contributed by atoms with Crippen LogP contribution in [0.15, 0.2) is 54.6 Å². The van der Waals surface area contributed by atoms with E-state index in [0.29, 0.717) is 17.5 Å². The van der Waals surface area contributed by atoms with Crippen LogP contribution in [0.25, 0.3) is 21.8 Å². The molecular formula is C27H25F3N4O3. The molecule has 2 aliphatic heterocycles. The molecule has 0 spiro atoms. The molecule has 0 bridgehead atoms. The molecule has 2 aromatic heterocycles. The van der Waals surface area contributed by atoms with Gasteiger partial charge in [-0.05, 0) is 61.5 Å². The molecule has 1 saturated heterocycles. The van der Waals surface area contributed by atoms with E-state index >= 15 is 0 Å². The summed E-state index contributed by atoms with van der Waals surface area (Å²) in [6, 6.07) is 15.7. The van der Waals surface area contributed by atoms with Crippen molar-refractivity contribution in [2.24, 2.45) is 0 Å². The maximum absolute atomic E-state index is 12.5.